The molecule has 0 saturated heterocycles. The van der Waals surface area contributed by atoms with Gasteiger partial charge in [-0.15, -0.1) is 0 Å². The zero-order valence-corrected chi connectivity index (χ0v) is 31.1. The van der Waals surface area contributed by atoms with E-state index in [0.29, 0.717) is 0 Å². The number of hydrogen-bond acceptors (Lipinski definition) is 1. The molecule has 0 radical (unpaired) electrons. The maximum Gasteiger partial charge on any atom is 0.0765 e. The summed E-state index contributed by atoms with van der Waals surface area (Å²) in [6.07, 6.45) is 0. The van der Waals surface area contributed by atoms with Crippen LogP contribution in [-0.2, 0) is 5.41 Å². The van der Waals surface area contributed by atoms with E-state index >= 15 is 0 Å². The fourth-order valence-electron chi connectivity index (χ4n) is 10.2. The molecule has 1 spiro atoms. The Kier molecular flexibility index (Phi) is 6.06. The second-order valence-electron chi connectivity index (χ2n) is 15.2. The van der Waals surface area contributed by atoms with Crippen LogP contribution in [0.25, 0.3) is 76.9 Å². The van der Waals surface area contributed by atoms with Crippen LogP contribution in [0.2, 0.25) is 0 Å². The number of fused-ring (bicyclic) bond motifs is 15. The summed E-state index contributed by atoms with van der Waals surface area (Å²) in [4.78, 5) is 2.62. The molecule has 0 amide bonds. The molecular weight excluding hydrogens is 697 g/mol. The molecule has 11 aromatic rings. The van der Waals surface area contributed by atoms with Gasteiger partial charge in [0.15, 0.2) is 0 Å². The van der Waals surface area contributed by atoms with Gasteiger partial charge in [0.25, 0.3) is 0 Å². The Balaban J connectivity index is 1.12. The lowest BCUT2D eigenvalue weighted by Gasteiger charge is -2.45. The van der Waals surface area contributed by atoms with Gasteiger partial charge in [-0.3, -0.25) is 0 Å². The van der Waals surface area contributed by atoms with E-state index in [2.05, 4.69) is 203 Å². The van der Waals surface area contributed by atoms with E-state index in [0.717, 1.165) is 5.69 Å². The number of rotatable bonds is 2. The Morgan fingerprint density at radius 1 is 0.357 bits per heavy atom. The van der Waals surface area contributed by atoms with Crippen LogP contribution in [0.5, 0.6) is 0 Å². The van der Waals surface area contributed by atoms with Crippen LogP contribution in [0.1, 0.15) is 22.3 Å². The van der Waals surface area contributed by atoms with Crippen LogP contribution < -0.4 is 0 Å². The van der Waals surface area contributed by atoms with Gasteiger partial charge in [-0.05, 0) is 98.8 Å². The molecule has 4 heterocycles. The summed E-state index contributed by atoms with van der Waals surface area (Å²) in [7, 11) is 0. The summed E-state index contributed by atoms with van der Waals surface area (Å²) >= 11 is 1.91. The van der Waals surface area contributed by atoms with Gasteiger partial charge in [-0.1, -0.05) is 151 Å². The predicted molar refractivity (Wildman–Crippen MR) is 234 cm³/mol. The number of nitrogens with zero attached hydrogens (tertiary/aromatic N) is 2. The molecule has 9 aromatic carbocycles. The van der Waals surface area contributed by atoms with Gasteiger partial charge in [-0.2, -0.15) is 0 Å². The van der Waals surface area contributed by atoms with E-state index in [4.69, 9.17) is 0 Å². The van der Waals surface area contributed by atoms with Crippen molar-refractivity contribution >= 4 is 66.1 Å². The SMILES string of the molecule is c1ccc2c(c1)Sc1cc3c4ccccc4n(-c4ccc(-c5ccc6ccccc6c5)cc4)c3cc1C21c2ccccc2-n2c3ccccc3c3cccc1c32. The van der Waals surface area contributed by atoms with Crippen LogP contribution in [0, 0.1) is 0 Å². The zero-order chi connectivity index (χ0) is 36.5. The first-order valence-corrected chi connectivity index (χ1v) is 20.2. The summed E-state index contributed by atoms with van der Waals surface area (Å²) in [5.74, 6) is 0. The van der Waals surface area contributed by atoms with Crippen molar-refractivity contribution in [2.75, 3.05) is 0 Å². The van der Waals surface area contributed by atoms with Gasteiger partial charge in [0.1, 0.15) is 0 Å². The second kappa shape index (κ2) is 11.1. The third kappa shape index (κ3) is 3.87. The van der Waals surface area contributed by atoms with Crippen LogP contribution >= 0.6 is 11.8 Å². The normalized spacial score (nSPS) is 15.5. The van der Waals surface area contributed by atoms with Crippen molar-refractivity contribution < 1.29 is 0 Å². The van der Waals surface area contributed by atoms with E-state index in [1.165, 1.54) is 103 Å². The fraction of sp³-hybridized carbons (Fsp3) is 0.0189. The molecule has 1 unspecified atom stereocenters. The zero-order valence-electron chi connectivity index (χ0n) is 30.3. The highest BCUT2D eigenvalue weighted by atomic mass is 32.2. The first-order valence-electron chi connectivity index (χ1n) is 19.3. The van der Waals surface area contributed by atoms with Crippen molar-refractivity contribution in [3.8, 4) is 22.5 Å². The Hall–Kier alpha value is -6.81. The molecule has 0 saturated carbocycles. The molecular formula is C53H32N2S. The number of para-hydroxylation sites is 4. The summed E-state index contributed by atoms with van der Waals surface area (Å²) < 4.78 is 5.01. The Morgan fingerprint density at radius 2 is 1.00 bits per heavy atom. The minimum absolute atomic E-state index is 0.535. The molecule has 1 atom stereocenters. The molecule has 56 heavy (non-hydrogen) atoms. The van der Waals surface area contributed by atoms with Crippen LogP contribution in [0.15, 0.2) is 204 Å². The van der Waals surface area contributed by atoms with Gasteiger partial charge >= 0.3 is 0 Å². The number of aromatic nitrogens is 2. The lowest BCUT2D eigenvalue weighted by atomic mass is 9.62. The van der Waals surface area contributed by atoms with Crippen molar-refractivity contribution in [3.63, 3.8) is 0 Å². The molecule has 0 N–H and O–H groups in total. The highest BCUT2D eigenvalue weighted by Crippen LogP contribution is 2.61. The Morgan fingerprint density at radius 3 is 1.86 bits per heavy atom. The quantitative estimate of drug-likeness (QED) is 0.172. The highest BCUT2D eigenvalue weighted by Gasteiger charge is 2.49. The van der Waals surface area contributed by atoms with E-state index < -0.39 is 5.41 Å². The summed E-state index contributed by atoms with van der Waals surface area (Å²) in [5.41, 5.74) is 14.6. The third-order valence-corrected chi connectivity index (χ3v) is 13.7. The third-order valence-electron chi connectivity index (χ3n) is 12.5. The van der Waals surface area contributed by atoms with E-state index in [1.807, 2.05) is 11.8 Å². The van der Waals surface area contributed by atoms with Crippen LogP contribution in [0.3, 0.4) is 0 Å². The van der Waals surface area contributed by atoms with Crippen molar-refractivity contribution in [2.24, 2.45) is 0 Å². The lowest BCUT2D eigenvalue weighted by molar-refractivity contribution is 0.690. The minimum atomic E-state index is -0.535. The van der Waals surface area contributed by atoms with E-state index in [1.54, 1.807) is 0 Å². The number of hydrogen-bond donors (Lipinski definition) is 0. The molecule has 2 aromatic heterocycles. The molecule has 3 heteroatoms. The molecule has 0 bridgehead atoms. The van der Waals surface area contributed by atoms with Crippen LogP contribution in [-0.4, -0.2) is 9.13 Å². The first-order chi connectivity index (χ1) is 27.8. The molecule has 2 aliphatic rings. The Labute approximate surface area is 327 Å². The average Bonchev–Trinajstić information content (AvgIpc) is 3.77. The van der Waals surface area contributed by atoms with Gasteiger partial charge in [0, 0.05) is 37.0 Å². The van der Waals surface area contributed by atoms with E-state index in [-0.39, 0.29) is 0 Å². The lowest BCUT2D eigenvalue weighted by Crippen LogP contribution is -2.37. The first kappa shape index (κ1) is 30.5. The predicted octanol–water partition coefficient (Wildman–Crippen LogP) is 13.9. The van der Waals surface area contributed by atoms with Crippen molar-refractivity contribution in [2.45, 2.75) is 15.2 Å². The smallest absolute Gasteiger partial charge is 0.0765 e. The molecule has 13 rings (SSSR count). The topological polar surface area (TPSA) is 9.86 Å². The monoisotopic (exact) mass is 728 g/mol. The summed E-state index contributed by atoms with van der Waals surface area (Å²) in [5, 5.41) is 7.65. The van der Waals surface area contributed by atoms with Gasteiger partial charge in [-0.25, -0.2) is 0 Å². The number of benzene rings is 9. The van der Waals surface area contributed by atoms with Gasteiger partial charge in [0.2, 0.25) is 0 Å². The second-order valence-corrected chi connectivity index (χ2v) is 16.3. The standard InChI is InChI=1S/C53H32N2S/c1-2-13-35-30-36(25-24-33(35)12-1)34-26-28-37(29-27-34)54-46-20-7-4-15-39(46)41-31-51-45(32-49(41)54)53(43-18-6-10-23-50(43)56-51)42-17-5-9-22-48(42)55-47-21-8-3-14-38(47)40-16-11-19-44(53)52(40)55/h1-32H. The molecule has 0 aliphatic carbocycles. The average molecular weight is 729 g/mol. The van der Waals surface area contributed by atoms with Gasteiger partial charge in [0.05, 0.1) is 33.2 Å². The maximum atomic E-state index is 2.54. The fourth-order valence-corrected chi connectivity index (χ4v) is 11.4. The minimum Gasteiger partial charge on any atom is -0.309 e. The van der Waals surface area contributed by atoms with Crippen molar-refractivity contribution in [3.05, 3.63) is 216 Å². The largest absolute Gasteiger partial charge is 0.309 e. The summed E-state index contributed by atoms with van der Waals surface area (Å²) in [6.45, 7) is 0. The maximum absolute atomic E-state index is 2.54. The molecule has 2 aliphatic heterocycles. The van der Waals surface area contributed by atoms with Crippen LogP contribution in [0.4, 0.5) is 0 Å². The van der Waals surface area contributed by atoms with Gasteiger partial charge < -0.3 is 9.13 Å². The van der Waals surface area contributed by atoms with E-state index in [9.17, 15) is 0 Å². The van der Waals surface area contributed by atoms with Crippen molar-refractivity contribution in [1.29, 1.82) is 0 Å². The molecule has 0 fully saturated rings. The highest BCUT2D eigenvalue weighted by molar-refractivity contribution is 7.99. The Bertz CT molecular complexity index is 3460. The molecule has 260 valence electrons. The summed E-state index contributed by atoms with van der Waals surface area (Å²) in [6, 6.07) is 72.6. The molecule has 2 nitrogen and oxygen atoms in total. The van der Waals surface area contributed by atoms with Crippen molar-refractivity contribution in [1.82, 2.24) is 9.13 Å².